The average Bonchev–Trinajstić information content (AvgIpc) is 2.31. The van der Waals surface area contributed by atoms with Gasteiger partial charge < -0.3 is 15.2 Å². The third-order valence-corrected chi connectivity index (χ3v) is 2.56. The molecule has 16 heavy (non-hydrogen) atoms. The topological polar surface area (TPSA) is 41.5 Å². The lowest BCUT2D eigenvalue weighted by molar-refractivity contribution is 0.146. The maximum absolute atomic E-state index is 9.74. The average molecular weight is 223 g/mol. The van der Waals surface area contributed by atoms with Gasteiger partial charge in [-0.15, -0.1) is 0 Å². The van der Waals surface area contributed by atoms with Crippen LogP contribution in [0.15, 0.2) is 24.3 Å². The molecule has 3 nitrogen and oxygen atoms in total. The number of phenolic OH excluding ortho intramolecular Hbond substituents is 1. The number of phenols is 1. The molecule has 0 spiro atoms. The Balaban J connectivity index is 2.51. The van der Waals surface area contributed by atoms with Crippen molar-refractivity contribution in [2.45, 2.75) is 26.3 Å². The van der Waals surface area contributed by atoms with Gasteiger partial charge in [-0.1, -0.05) is 25.1 Å². The summed E-state index contributed by atoms with van der Waals surface area (Å²) in [4.78, 5) is 0. The summed E-state index contributed by atoms with van der Waals surface area (Å²) < 4.78 is 5.27. The van der Waals surface area contributed by atoms with Crippen molar-refractivity contribution in [3.05, 3.63) is 29.8 Å². The molecule has 1 unspecified atom stereocenters. The Morgan fingerprint density at radius 3 is 2.69 bits per heavy atom. The quantitative estimate of drug-likeness (QED) is 0.698. The van der Waals surface area contributed by atoms with E-state index in [4.69, 9.17) is 4.74 Å². The van der Waals surface area contributed by atoms with Gasteiger partial charge in [0.15, 0.2) is 0 Å². The zero-order chi connectivity index (χ0) is 11.8. The molecule has 1 aromatic carbocycles. The van der Waals surface area contributed by atoms with Crippen LogP contribution in [0.25, 0.3) is 0 Å². The van der Waals surface area contributed by atoms with E-state index in [1.807, 2.05) is 25.1 Å². The first kappa shape index (κ1) is 13.0. The van der Waals surface area contributed by atoms with Crippen LogP contribution in [0.2, 0.25) is 0 Å². The van der Waals surface area contributed by atoms with Crippen molar-refractivity contribution < 1.29 is 9.84 Å². The first-order valence-corrected chi connectivity index (χ1v) is 5.88. The SMILES string of the molecule is CCOCCNC(CC)c1ccccc1O. The monoisotopic (exact) mass is 223 g/mol. The van der Waals surface area contributed by atoms with Crippen LogP contribution in [-0.4, -0.2) is 24.9 Å². The van der Waals surface area contributed by atoms with Crippen molar-refractivity contribution in [3.8, 4) is 5.75 Å². The molecule has 2 N–H and O–H groups in total. The van der Waals surface area contributed by atoms with Crippen LogP contribution in [0, 0.1) is 0 Å². The number of nitrogens with one attached hydrogen (secondary N) is 1. The van der Waals surface area contributed by atoms with E-state index in [0.29, 0.717) is 12.4 Å². The normalized spacial score (nSPS) is 12.6. The van der Waals surface area contributed by atoms with Gasteiger partial charge in [0.25, 0.3) is 0 Å². The van der Waals surface area contributed by atoms with Crippen molar-refractivity contribution in [2.24, 2.45) is 0 Å². The van der Waals surface area contributed by atoms with Crippen LogP contribution in [0.1, 0.15) is 31.9 Å². The Bertz CT molecular complexity index is 302. The zero-order valence-corrected chi connectivity index (χ0v) is 10.1. The molecular weight excluding hydrogens is 202 g/mol. The van der Waals surface area contributed by atoms with Crippen LogP contribution < -0.4 is 5.32 Å². The van der Waals surface area contributed by atoms with Crippen LogP contribution in [0.4, 0.5) is 0 Å². The minimum Gasteiger partial charge on any atom is -0.508 e. The van der Waals surface area contributed by atoms with Crippen LogP contribution in [0.5, 0.6) is 5.75 Å². The smallest absolute Gasteiger partial charge is 0.120 e. The molecule has 90 valence electrons. The highest BCUT2D eigenvalue weighted by atomic mass is 16.5. The molecule has 0 radical (unpaired) electrons. The number of aromatic hydroxyl groups is 1. The molecule has 0 aliphatic rings. The third-order valence-electron chi connectivity index (χ3n) is 2.56. The highest BCUT2D eigenvalue weighted by Gasteiger charge is 2.11. The molecular formula is C13H21NO2. The van der Waals surface area contributed by atoms with Gasteiger partial charge in [0, 0.05) is 24.8 Å². The van der Waals surface area contributed by atoms with Gasteiger partial charge in [0.05, 0.1) is 6.61 Å². The van der Waals surface area contributed by atoms with Crippen molar-refractivity contribution in [2.75, 3.05) is 19.8 Å². The lowest BCUT2D eigenvalue weighted by Gasteiger charge is -2.18. The Morgan fingerprint density at radius 1 is 1.31 bits per heavy atom. The fourth-order valence-corrected chi connectivity index (χ4v) is 1.71. The maximum Gasteiger partial charge on any atom is 0.120 e. The maximum atomic E-state index is 9.74. The molecule has 1 atom stereocenters. The minimum absolute atomic E-state index is 0.196. The molecule has 0 heterocycles. The summed E-state index contributed by atoms with van der Waals surface area (Å²) in [6.07, 6.45) is 0.948. The van der Waals surface area contributed by atoms with E-state index in [0.717, 1.165) is 25.1 Å². The van der Waals surface area contributed by atoms with E-state index in [-0.39, 0.29) is 6.04 Å². The molecule has 0 bridgehead atoms. The van der Waals surface area contributed by atoms with Gasteiger partial charge >= 0.3 is 0 Å². The largest absolute Gasteiger partial charge is 0.508 e. The summed E-state index contributed by atoms with van der Waals surface area (Å²) in [7, 11) is 0. The van der Waals surface area contributed by atoms with Crippen LogP contribution >= 0.6 is 0 Å². The first-order chi connectivity index (χ1) is 7.79. The van der Waals surface area contributed by atoms with Gasteiger partial charge in [0.2, 0.25) is 0 Å². The summed E-state index contributed by atoms with van der Waals surface area (Å²) in [5, 5.41) is 13.1. The Kier molecular flexibility index (Phi) is 5.90. The van der Waals surface area contributed by atoms with Crippen molar-refractivity contribution >= 4 is 0 Å². The van der Waals surface area contributed by atoms with E-state index < -0.39 is 0 Å². The van der Waals surface area contributed by atoms with Crippen molar-refractivity contribution in [3.63, 3.8) is 0 Å². The summed E-state index contributed by atoms with van der Waals surface area (Å²) in [6, 6.07) is 7.66. The lowest BCUT2D eigenvalue weighted by atomic mass is 10.0. The lowest BCUT2D eigenvalue weighted by Crippen LogP contribution is -2.25. The predicted molar refractivity (Wildman–Crippen MR) is 65.6 cm³/mol. The number of ether oxygens (including phenoxy) is 1. The highest BCUT2D eigenvalue weighted by Crippen LogP contribution is 2.25. The molecule has 1 aromatic rings. The Hall–Kier alpha value is -1.06. The van der Waals surface area contributed by atoms with Gasteiger partial charge in [-0.3, -0.25) is 0 Å². The fraction of sp³-hybridized carbons (Fsp3) is 0.538. The number of para-hydroxylation sites is 1. The Morgan fingerprint density at radius 2 is 2.06 bits per heavy atom. The molecule has 0 aliphatic heterocycles. The van der Waals surface area contributed by atoms with Gasteiger partial charge in [-0.05, 0) is 19.4 Å². The molecule has 0 saturated heterocycles. The van der Waals surface area contributed by atoms with Crippen LogP contribution in [0.3, 0.4) is 0 Å². The fourth-order valence-electron chi connectivity index (χ4n) is 1.71. The van der Waals surface area contributed by atoms with Gasteiger partial charge in [-0.25, -0.2) is 0 Å². The summed E-state index contributed by atoms with van der Waals surface area (Å²) in [5.74, 6) is 0.359. The van der Waals surface area contributed by atoms with E-state index in [1.165, 1.54) is 0 Å². The van der Waals surface area contributed by atoms with E-state index in [9.17, 15) is 5.11 Å². The Labute approximate surface area is 97.4 Å². The van der Waals surface area contributed by atoms with Crippen molar-refractivity contribution in [1.82, 2.24) is 5.32 Å². The molecule has 1 rings (SSSR count). The molecule has 0 saturated carbocycles. The second-order valence-electron chi connectivity index (χ2n) is 3.67. The minimum atomic E-state index is 0.196. The van der Waals surface area contributed by atoms with E-state index >= 15 is 0 Å². The van der Waals surface area contributed by atoms with Gasteiger partial charge in [-0.2, -0.15) is 0 Å². The molecule has 0 fully saturated rings. The molecule has 0 aliphatic carbocycles. The third kappa shape index (κ3) is 3.83. The standard InChI is InChI=1S/C13H21NO2/c1-3-12(14-9-10-16-4-2)11-7-5-6-8-13(11)15/h5-8,12,14-15H,3-4,9-10H2,1-2H3. The second kappa shape index (κ2) is 7.25. The zero-order valence-electron chi connectivity index (χ0n) is 10.1. The number of hydrogen-bond donors (Lipinski definition) is 2. The molecule has 0 amide bonds. The summed E-state index contributed by atoms with van der Waals surface area (Å²) in [5.41, 5.74) is 0.960. The molecule has 3 heteroatoms. The highest BCUT2D eigenvalue weighted by molar-refractivity contribution is 5.34. The number of benzene rings is 1. The number of hydrogen-bond acceptors (Lipinski definition) is 3. The predicted octanol–water partition coefficient (Wildman–Crippen LogP) is 2.47. The second-order valence-corrected chi connectivity index (χ2v) is 3.67. The first-order valence-electron chi connectivity index (χ1n) is 5.88. The number of rotatable bonds is 7. The van der Waals surface area contributed by atoms with Gasteiger partial charge in [0.1, 0.15) is 5.75 Å². The van der Waals surface area contributed by atoms with E-state index in [1.54, 1.807) is 6.07 Å². The van der Waals surface area contributed by atoms with E-state index in [2.05, 4.69) is 12.2 Å². The molecule has 0 aromatic heterocycles. The summed E-state index contributed by atoms with van der Waals surface area (Å²) >= 11 is 0. The summed E-state index contributed by atoms with van der Waals surface area (Å²) in [6.45, 7) is 6.35. The van der Waals surface area contributed by atoms with Crippen LogP contribution in [-0.2, 0) is 4.74 Å². The van der Waals surface area contributed by atoms with Crippen molar-refractivity contribution in [1.29, 1.82) is 0 Å².